The molecule has 7 heteroatoms. The van der Waals surface area contributed by atoms with Crippen molar-refractivity contribution in [3.8, 4) is 0 Å². The van der Waals surface area contributed by atoms with Crippen LogP contribution >= 0.6 is 0 Å². The molecule has 0 heterocycles. The van der Waals surface area contributed by atoms with Crippen LogP contribution < -0.4 is 0 Å². The molecule has 0 N–H and O–H groups in total. The van der Waals surface area contributed by atoms with Crippen LogP contribution in [0, 0.1) is 261 Å². The van der Waals surface area contributed by atoms with Gasteiger partial charge in [-0.05, 0) is 122 Å². The Balaban J connectivity index is -0.0000000209. The summed E-state index contributed by atoms with van der Waals surface area (Å²) < 4.78 is 0. The molecule has 0 aromatic heterocycles. The molecule has 6 unspecified atom stereocenters. The fourth-order valence-electron chi connectivity index (χ4n) is 10.7. The van der Waals surface area contributed by atoms with Gasteiger partial charge in [0.2, 0.25) is 0 Å². The van der Waals surface area contributed by atoms with E-state index in [2.05, 4.69) is 175 Å². The van der Waals surface area contributed by atoms with Crippen molar-refractivity contribution in [3.05, 3.63) is 322 Å². The Bertz CT molecular complexity index is 1590. The van der Waals surface area contributed by atoms with Crippen LogP contribution in [0.5, 0.6) is 0 Å². The van der Waals surface area contributed by atoms with Crippen LogP contribution in [0.15, 0.2) is 144 Å². The second-order valence-corrected chi connectivity index (χ2v) is 23.7. The third-order valence-electron chi connectivity index (χ3n) is 14.0. The topological polar surface area (TPSA) is 0 Å². The van der Waals surface area contributed by atoms with Crippen molar-refractivity contribution in [2.24, 2.45) is 82.9 Å². The van der Waals surface area contributed by atoms with Crippen LogP contribution in [0.2, 0.25) is 19.6 Å². The minimum atomic E-state index is -0.968. The number of hydrogen-bond donors (Lipinski definition) is 0. The fourth-order valence-corrected chi connectivity index (χ4v) is 12.8. The molecule has 504 valence electrons. The van der Waals surface area contributed by atoms with Crippen LogP contribution in [0.3, 0.4) is 0 Å². The Morgan fingerprint density at radius 1 is 0.329 bits per heavy atom. The molecule has 0 aromatic carbocycles. The quantitative estimate of drug-likeness (QED) is 0.150. The van der Waals surface area contributed by atoms with Crippen molar-refractivity contribution in [1.29, 1.82) is 0 Å². The molecule has 0 aromatic rings. The zero-order valence-electron chi connectivity index (χ0n) is 59.3. The molecule has 0 amide bonds. The van der Waals surface area contributed by atoms with E-state index >= 15 is 0 Å². The molecule has 0 saturated carbocycles. The van der Waals surface area contributed by atoms with E-state index in [1.807, 2.05) is 0 Å². The smallest absolute Gasteiger partial charge is 0.358 e. The van der Waals surface area contributed by atoms with Crippen LogP contribution in [0.4, 0.5) is 0 Å². The molecule has 0 aliphatic heterocycles. The molecule has 82 heavy (non-hydrogen) atoms. The van der Waals surface area contributed by atoms with Gasteiger partial charge in [-0.1, -0.05) is 191 Å². The fraction of sp³-hybridized carbons (Fsp3) is 0.360. The maximum absolute atomic E-state index is 2.52. The molecule has 0 spiro atoms. The summed E-state index contributed by atoms with van der Waals surface area (Å²) in [6.45, 7) is 16.4. The van der Waals surface area contributed by atoms with Gasteiger partial charge in [0.25, 0.3) is 0 Å². The standard InChI is InChI=1S/C10H16Si.2C9H12.2C8H10.C7H8.24CH3.6Pt/c1-11(2,3)10-7-8-4-5-9(10)6-8;1-2-8-5-7-3-4-9(8)6-7;1-2-9-7-3-4-8(9)6-5-7;1-6-4-7-2-3-8(6)5-7;1-6-7-2-3-8(6)5-4-7;1-2-7-4-3-6(1)5-7;;;;;;;;;;;;;;;;;;;;;;;;;;;;;;/h4-5,7-9H,6H2,1-3H3;3-5,7,9H,2,6H2,1H3;3-9H,2H2,1H3;2-4,7-8H,5H2,1H3;2-8H,1H3;1-4,6-7H,5H2;24*1H3;;;;;;/q;;;;;;24*-1;6*+4. The molecule has 6 atom stereocenters. The van der Waals surface area contributed by atoms with Crippen molar-refractivity contribution in [2.45, 2.75) is 85.9 Å². The van der Waals surface area contributed by atoms with Gasteiger partial charge in [0.15, 0.2) is 0 Å². The third kappa shape index (κ3) is 41.5. The van der Waals surface area contributed by atoms with Crippen molar-refractivity contribution in [3.63, 3.8) is 0 Å². The van der Waals surface area contributed by atoms with Crippen molar-refractivity contribution in [1.82, 2.24) is 0 Å². The second kappa shape index (κ2) is 74.7. The number of hydrogen-bond acceptors (Lipinski definition) is 0. The molecular weight excluding hydrogens is 2100 g/mol. The molecule has 0 fully saturated rings. The number of rotatable bonds is 3. The maximum Gasteiger partial charge on any atom is 4.00 e. The predicted octanol–water partition coefficient (Wildman–Crippen LogP) is 24.6. The largest absolute Gasteiger partial charge is 4.00 e. The first-order valence-electron chi connectivity index (χ1n) is 21.3. The first-order chi connectivity index (χ1) is 25.1. The van der Waals surface area contributed by atoms with Gasteiger partial charge < -0.3 is 178 Å². The normalized spacial score (nSPS) is 26.2. The molecule has 0 saturated heterocycles. The summed E-state index contributed by atoms with van der Waals surface area (Å²) in [6.07, 6.45) is 57.4. The van der Waals surface area contributed by atoms with E-state index in [-0.39, 0.29) is 305 Å². The Kier molecular flexibility index (Phi) is 146. The SMILES string of the molecule is C1=CC2C=CC1C2.CC1=CC2C=CC1C2.CC1C2C=CC1C=C2.CCC1=CC2C=CC1C2.CCC1C2C=CC1C=C2.C[Si](C)(C)C1=CC2C=CC1C2.[CH3-].[CH3-].[CH3-].[CH3-].[CH3-].[CH3-].[CH3-].[CH3-].[CH3-].[CH3-].[CH3-].[CH3-].[CH3-].[CH3-].[CH3-].[CH3-].[CH3-].[CH3-].[CH3-].[CH3-].[CH3-].[CH3-].[CH3-].[CH3-].[Pt+4].[Pt+4].[Pt+4].[Pt+4].[Pt+4].[Pt+4]. The van der Waals surface area contributed by atoms with Crippen LogP contribution in [0.25, 0.3) is 0 Å². The Hall–Kier alpha value is 1.23. The third-order valence-corrected chi connectivity index (χ3v) is 16.3. The van der Waals surface area contributed by atoms with Crippen molar-refractivity contribution in [2.75, 3.05) is 0 Å². The summed E-state index contributed by atoms with van der Waals surface area (Å²) >= 11 is 0. The average molecular weight is 2240 g/mol. The van der Waals surface area contributed by atoms with E-state index in [4.69, 9.17) is 0 Å². The van der Waals surface area contributed by atoms with Crippen LogP contribution in [-0.4, -0.2) is 8.07 Å². The first-order valence-corrected chi connectivity index (χ1v) is 24.8. The van der Waals surface area contributed by atoms with E-state index < -0.39 is 8.07 Å². The summed E-state index contributed by atoms with van der Waals surface area (Å²) in [6, 6.07) is 0. The molecule has 12 aliphatic rings. The molecule has 12 rings (SSSR count). The van der Waals surface area contributed by atoms with Gasteiger partial charge in [0, 0.05) is 0 Å². The van der Waals surface area contributed by atoms with Gasteiger partial charge in [0.1, 0.15) is 0 Å². The van der Waals surface area contributed by atoms with Crippen molar-refractivity contribution >= 4 is 8.07 Å². The Morgan fingerprint density at radius 3 is 0.732 bits per heavy atom. The van der Waals surface area contributed by atoms with Crippen LogP contribution in [-0.2, 0) is 126 Å². The summed E-state index contributed by atoms with van der Waals surface area (Å²) in [7, 11) is -0.968. The summed E-state index contributed by atoms with van der Waals surface area (Å²) in [5, 5.41) is 1.80. The second-order valence-electron chi connectivity index (χ2n) is 18.7. The molecule has 12 aliphatic carbocycles. The van der Waals surface area contributed by atoms with E-state index in [0.29, 0.717) is 0 Å². The van der Waals surface area contributed by atoms with Gasteiger partial charge in [-0.25, -0.2) is 0 Å². The molecule has 12 bridgehead atoms. The summed E-state index contributed by atoms with van der Waals surface area (Å²) in [4.78, 5) is 0. The van der Waals surface area contributed by atoms with E-state index in [9.17, 15) is 0 Å². The minimum Gasteiger partial charge on any atom is -0.358 e. The predicted molar refractivity (Wildman–Crippen MR) is 383 cm³/mol. The monoisotopic (exact) mass is 2240 g/mol. The Morgan fingerprint density at radius 2 is 0.610 bits per heavy atom. The molecule has 0 nitrogen and oxygen atoms in total. The molecule has 0 radical (unpaired) electrons. The minimum absolute atomic E-state index is 0. The van der Waals surface area contributed by atoms with Gasteiger partial charge in [-0.3, -0.25) is 0 Å². The van der Waals surface area contributed by atoms with E-state index in [1.165, 1.54) is 38.5 Å². The van der Waals surface area contributed by atoms with E-state index in [1.54, 1.807) is 16.3 Å². The van der Waals surface area contributed by atoms with Crippen LogP contribution in [0.1, 0.15) is 66.2 Å². The van der Waals surface area contributed by atoms with Gasteiger partial charge in [0.05, 0.1) is 8.07 Å². The zero-order valence-corrected chi connectivity index (χ0v) is 74.0. The number of allylic oxidation sites excluding steroid dienone is 24. The summed E-state index contributed by atoms with van der Waals surface area (Å²) in [5.74, 6) is 11.5. The molecular formula is C75H140Pt6Si. The number of fused-ring (bicyclic) bond motifs is 12. The van der Waals surface area contributed by atoms with E-state index in [0.717, 1.165) is 82.9 Å². The van der Waals surface area contributed by atoms with Crippen molar-refractivity contribution < 1.29 is 126 Å². The maximum atomic E-state index is 2.52. The van der Waals surface area contributed by atoms with Gasteiger partial charge >= 0.3 is 126 Å². The zero-order chi connectivity index (χ0) is 36.4. The summed E-state index contributed by atoms with van der Waals surface area (Å²) in [5.41, 5.74) is 3.25. The Labute approximate surface area is 618 Å². The average Bonchev–Trinajstić information content (AvgIpc) is 4.02. The van der Waals surface area contributed by atoms with Gasteiger partial charge in [-0.15, -0.1) is 0 Å². The van der Waals surface area contributed by atoms with Gasteiger partial charge in [-0.2, -0.15) is 0 Å². The first kappa shape index (κ1) is 160.